The van der Waals surface area contributed by atoms with E-state index in [-0.39, 0.29) is 11.9 Å². The molecule has 23 heavy (non-hydrogen) atoms. The van der Waals surface area contributed by atoms with E-state index in [4.69, 9.17) is 4.74 Å². The maximum absolute atomic E-state index is 12.5. The molecule has 1 aliphatic rings. The minimum atomic E-state index is -0.0895. The predicted molar refractivity (Wildman–Crippen MR) is 88.8 cm³/mol. The predicted octanol–water partition coefficient (Wildman–Crippen LogP) is 3.32. The number of fused-ring (bicyclic) bond motifs is 1. The third-order valence-electron chi connectivity index (χ3n) is 4.18. The largest absolute Gasteiger partial charge is 0.497 e. The van der Waals surface area contributed by atoms with Crippen LogP contribution in [-0.4, -0.2) is 35.2 Å². The molecule has 0 bridgehead atoms. The number of amides is 1. The molecule has 0 saturated heterocycles. The van der Waals surface area contributed by atoms with Gasteiger partial charge in [-0.3, -0.25) is 9.89 Å². The summed E-state index contributed by atoms with van der Waals surface area (Å²) >= 11 is 1.65. The zero-order chi connectivity index (χ0) is 16.0. The molecular formula is C17H15N3O2S. The maximum atomic E-state index is 12.5. The maximum Gasteiger partial charge on any atom is 0.272 e. The molecule has 1 amide bonds. The smallest absolute Gasteiger partial charge is 0.272 e. The molecule has 1 atom stereocenters. The summed E-state index contributed by atoms with van der Waals surface area (Å²) in [5.41, 5.74) is 3.31. The third kappa shape index (κ3) is 2.06. The first-order valence-corrected chi connectivity index (χ1v) is 8.12. The SMILES string of the molecule is COc1ccc(-c2n[nH]c3c2C(c2cccs2)N(C)C3=O)cc1. The number of aromatic nitrogens is 2. The molecular weight excluding hydrogens is 310 g/mol. The molecule has 6 heteroatoms. The van der Waals surface area contributed by atoms with Gasteiger partial charge in [-0.2, -0.15) is 5.10 Å². The Hall–Kier alpha value is -2.60. The van der Waals surface area contributed by atoms with E-state index in [0.717, 1.165) is 27.4 Å². The van der Waals surface area contributed by atoms with Crippen LogP contribution < -0.4 is 4.74 Å². The summed E-state index contributed by atoms with van der Waals surface area (Å²) in [5, 5.41) is 9.34. The zero-order valence-corrected chi connectivity index (χ0v) is 13.6. The summed E-state index contributed by atoms with van der Waals surface area (Å²) in [6.07, 6.45) is 0. The highest BCUT2D eigenvalue weighted by Crippen LogP contribution is 2.43. The quantitative estimate of drug-likeness (QED) is 0.803. The second-order valence-corrected chi connectivity index (χ2v) is 6.40. The van der Waals surface area contributed by atoms with E-state index in [1.165, 1.54) is 0 Å². The van der Waals surface area contributed by atoms with Crippen LogP contribution in [0.4, 0.5) is 0 Å². The van der Waals surface area contributed by atoms with E-state index in [9.17, 15) is 4.79 Å². The molecule has 4 rings (SSSR count). The molecule has 1 aromatic carbocycles. The molecule has 0 saturated carbocycles. The topological polar surface area (TPSA) is 58.2 Å². The summed E-state index contributed by atoms with van der Waals surface area (Å²) in [6.45, 7) is 0. The van der Waals surface area contributed by atoms with Crippen molar-refractivity contribution in [3.8, 4) is 17.0 Å². The number of H-pyrrole nitrogens is 1. The van der Waals surface area contributed by atoms with Crippen LogP contribution in [0.15, 0.2) is 41.8 Å². The zero-order valence-electron chi connectivity index (χ0n) is 12.7. The van der Waals surface area contributed by atoms with Crippen LogP contribution in [0.5, 0.6) is 5.75 Å². The Balaban J connectivity index is 1.86. The molecule has 3 heterocycles. The molecule has 5 nitrogen and oxygen atoms in total. The highest BCUT2D eigenvalue weighted by molar-refractivity contribution is 7.10. The first kappa shape index (κ1) is 14.0. The van der Waals surface area contributed by atoms with Crippen molar-refractivity contribution in [2.24, 2.45) is 0 Å². The van der Waals surface area contributed by atoms with Gasteiger partial charge in [0.2, 0.25) is 0 Å². The molecule has 3 aromatic rings. The van der Waals surface area contributed by atoms with Crippen LogP contribution in [0.2, 0.25) is 0 Å². The number of carbonyl (C=O) groups is 1. The standard InChI is InChI=1S/C17H15N3O2S/c1-20-16(12-4-3-9-23-12)13-14(18-19-15(13)17(20)21)10-5-7-11(22-2)8-6-10/h3-9,16H,1-2H3,(H,18,19). The second kappa shape index (κ2) is 5.24. The number of benzene rings is 1. The first-order valence-electron chi connectivity index (χ1n) is 7.24. The fourth-order valence-corrected chi connectivity index (χ4v) is 3.89. The van der Waals surface area contributed by atoms with Crippen molar-refractivity contribution in [3.05, 3.63) is 57.9 Å². The summed E-state index contributed by atoms with van der Waals surface area (Å²) in [4.78, 5) is 15.4. The number of hydrogen-bond acceptors (Lipinski definition) is 4. The normalized spacial score (nSPS) is 16.7. The van der Waals surface area contributed by atoms with Gasteiger partial charge in [0.15, 0.2) is 0 Å². The Bertz CT molecular complexity index is 853. The molecule has 116 valence electrons. The fraction of sp³-hybridized carbons (Fsp3) is 0.176. The van der Waals surface area contributed by atoms with Crippen molar-refractivity contribution in [3.63, 3.8) is 0 Å². The lowest BCUT2D eigenvalue weighted by Crippen LogP contribution is -2.24. The van der Waals surface area contributed by atoms with Gasteiger partial charge in [0.1, 0.15) is 11.4 Å². The molecule has 2 aromatic heterocycles. The summed E-state index contributed by atoms with van der Waals surface area (Å²) in [5.74, 6) is 0.773. The van der Waals surface area contributed by atoms with Gasteiger partial charge in [0, 0.05) is 23.1 Å². The number of carbonyl (C=O) groups excluding carboxylic acids is 1. The van der Waals surface area contributed by atoms with Gasteiger partial charge in [0.25, 0.3) is 5.91 Å². The van der Waals surface area contributed by atoms with Crippen LogP contribution in [-0.2, 0) is 0 Å². The van der Waals surface area contributed by atoms with E-state index >= 15 is 0 Å². The number of thiophene rings is 1. The van der Waals surface area contributed by atoms with Gasteiger partial charge < -0.3 is 9.64 Å². The average Bonchev–Trinajstić information content (AvgIpc) is 3.28. The Morgan fingerprint density at radius 2 is 2.04 bits per heavy atom. The monoisotopic (exact) mass is 325 g/mol. The number of methoxy groups -OCH3 is 1. The fourth-order valence-electron chi connectivity index (χ4n) is 3.02. The van der Waals surface area contributed by atoms with Gasteiger partial charge in [-0.05, 0) is 35.7 Å². The minimum Gasteiger partial charge on any atom is -0.497 e. The molecule has 0 fully saturated rings. The molecule has 0 radical (unpaired) electrons. The van der Waals surface area contributed by atoms with Crippen molar-refractivity contribution in [2.45, 2.75) is 6.04 Å². The molecule has 0 spiro atoms. The Labute approximate surface area is 137 Å². The Morgan fingerprint density at radius 1 is 1.26 bits per heavy atom. The van der Waals surface area contributed by atoms with Gasteiger partial charge in [0.05, 0.1) is 18.8 Å². The van der Waals surface area contributed by atoms with Gasteiger partial charge in [-0.15, -0.1) is 11.3 Å². The van der Waals surface area contributed by atoms with Gasteiger partial charge >= 0.3 is 0 Å². The van der Waals surface area contributed by atoms with Crippen LogP contribution >= 0.6 is 11.3 Å². The molecule has 0 aliphatic carbocycles. The van der Waals surface area contributed by atoms with Crippen molar-refractivity contribution in [2.75, 3.05) is 14.2 Å². The van der Waals surface area contributed by atoms with E-state index in [2.05, 4.69) is 16.3 Å². The summed E-state index contributed by atoms with van der Waals surface area (Å²) in [6, 6.07) is 11.7. The lowest BCUT2D eigenvalue weighted by atomic mass is 10.0. The van der Waals surface area contributed by atoms with Crippen molar-refractivity contribution in [1.29, 1.82) is 0 Å². The van der Waals surface area contributed by atoms with Gasteiger partial charge in [-0.25, -0.2) is 0 Å². The Kier molecular flexibility index (Phi) is 3.20. The van der Waals surface area contributed by atoms with Crippen LogP contribution in [0.3, 0.4) is 0 Å². The van der Waals surface area contributed by atoms with Crippen LogP contribution in [0.25, 0.3) is 11.3 Å². The number of nitrogens with one attached hydrogen (secondary N) is 1. The Morgan fingerprint density at radius 3 is 2.70 bits per heavy atom. The first-order chi connectivity index (χ1) is 11.2. The van der Waals surface area contributed by atoms with Crippen molar-refractivity contribution >= 4 is 17.2 Å². The number of hydrogen-bond donors (Lipinski definition) is 1. The van der Waals surface area contributed by atoms with Gasteiger partial charge in [-0.1, -0.05) is 6.07 Å². The van der Waals surface area contributed by atoms with E-state index in [0.29, 0.717) is 5.69 Å². The third-order valence-corrected chi connectivity index (χ3v) is 5.10. The van der Waals surface area contributed by atoms with E-state index in [1.54, 1.807) is 23.3 Å². The highest BCUT2D eigenvalue weighted by atomic mass is 32.1. The second-order valence-electron chi connectivity index (χ2n) is 5.42. The number of aromatic amines is 1. The number of rotatable bonds is 3. The number of ether oxygens (including phenoxy) is 1. The van der Waals surface area contributed by atoms with Crippen molar-refractivity contribution < 1.29 is 9.53 Å². The van der Waals surface area contributed by atoms with Crippen molar-refractivity contribution in [1.82, 2.24) is 15.1 Å². The lowest BCUT2D eigenvalue weighted by molar-refractivity contribution is 0.0789. The van der Waals surface area contributed by atoms with Crippen LogP contribution in [0, 0.1) is 0 Å². The summed E-state index contributed by atoms with van der Waals surface area (Å²) in [7, 11) is 3.47. The molecule has 1 N–H and O–H groups in total. The summed E-state index contributed by atoms with van der Waals surface area (Å²) < 4.78 is 5.20. The number of nitrogens with zero attached hydrogens (tertiary/aromatic N) is 2. The lowest BCUT2D eigenvalue weighted by Gasteiger charge is -2.20. The van der Waals surface area contributed by atoms with E-state index < -0.39 is 0 Å². The minimum absolute atomic E-state index is 0.0225. The average molecular weight is 325 g/mol. The molecule has 1 unspecified atom stereocenters. The van der Waals surface area contributed by atoms with E-state index in [1.807, 2.05) is 42.8 Å². The highest BCUT2D eigenvalue weighted by Gasteiger charge is 2.40. The molecule has 1 aliphatic heterocycles. The van der Waals surface area contributed by atoms with Crippen LogP contribution in [0.1, 0.15) is 27.0 Å².